The Kier molecular flexibility index (Phi) is 2.70. The highest BCUT2D eigenvalue weighted by atomic mass is 16.1. The molecule has 0 fully saturated rings. The molecule has 1 heterocycles. The van der Waals surface area contributed by atoms with Crippen molar-refractivity contribution in [3.63, 3.8) is 0 Å². The number of hydrogen-bond acceptors (Lipinski definition) is 4. The molecule has 0 atom stereocenters. The molecule has 3 aromatic rings. The molecule has 0 unspecified atom stereocenters. The van der Waals surface area contributed by atoms with Crippen LogP contribution in [0, 0.1) is 11.3 Å². The highest BCUT2D eigenvalue weighted by Crippen LogP contribution is 2.21. The van der Waals surface area contributed by atoms with Crippen LogP contribution in [0.5, 0.6) is 0 Å². The number of benzene rings is 2. The van der Waals surface area contributed by atoms with Gasteiger partial charge in [-0.1, -0.05) is 12.1 Å². The maximum Gasteiger partial charge on any atom is 0.259 e. The van der Waals surface area contributed by atoms with Gasteiger partial charge in [-0.2, -0.15) is 5.26 Å². The highest BCUT2D eigenvalue weighted by molar-refractivity contribution is 5.79. The van der Waals surface area contributed by atoms with Crippen molar-refractivity contribution in [1.82, 2.24) is 9.97 Å². The van der Waals surface area contributed by atoms with E-state index in [9.17, 15) is 4.79 Å². The second kappa shape index (κ2) is 4.52. The van der Waals surface area contributed by atoms with Gasteiger partial charge in [-0.3, -0.25) is 4.79 Å². The van der Waals surface area contributed by atoms with Gasteiger partial charge >= 0.3 is 0 Å². The van der Waals surface area contributed by atoms with Crippen LogP contribution in [0.1, 0.15) is 5.56 Å². The lowest BCUT2D eigenvalue weighted by Crippen LogP contribution is -2.09. The predicted molar refractivity (Wildman–Crippen MR) is 76.9 cm³/mol. The Morgan fingerprint density at radius 3 is 2.80 bits per heavy atom. The average Bonchev–Trinajstić information content (AvgIpc) is 2.47. The standard InChI is InChI=1S/C15H10N4O/c16-8-10-7-9(5-6-12(10)17)14-18-13-4-2-1-3-11(13)15(20)19-14/h1-7H,17H2,(H,18,19,20). The number of nitrogens with one attached hydrogen (secondary N) is 1. The number of fused-ring (bicyclic) bond motifs is 1. The predicted octanol–water partition coefficient (Wildman–Crippen LogP) is 2.04. The summed E-state index contributed by atoms with van der Waals surface area (Å²) in [7, 11) is 0. The number of anilines is 1. The molecule has 0 saturated carbocycles. The third kappa shape index (κ3) is 1.89. The Labute approximate surface area is 114 Å². The van der Waals surface area contributed by atoms with Gasteiger partial charge in [-0.05, 0) is 30.3 Å². The molecule has 0 amide bonds. The number of aromatic amines is 1. The summed E-state index contributed by atoms with van der Waals surface area (Å²) in [5.74, 6) is 0.421. The van der Waals surface area contributed by atoms with E-state index in [1.165, 1.54) is 0 Å². The number of H-pyrrole nitrogens is 1. The lowest BCUT2D eigenvalue weighted by atomic mass is 10.1. The van der Waals surface area contributed by atoms with Crippen molar-refractivity contribution in [3.8, 4) is 17.5 Å². The third-order valence-corrected chi connectivity index (χ3v) is 3.06. The van der Waals surface area contributed by atoms with Crippen molar-refractivity contribution in [1.29, 1.82) is 5.26 Å². The summed E-state index contributed by atoms with van der Waals surface area (Å²) in [5.41, 5.74) is 7.50. The van der Waals surface area contributed by atoms with E-state index in [1.54, 1.807) is 36.4 Å². The monoisotopic (exact) mass is 262 g/mol. The number of nitriles is 1. The molecule has 3 N–H and O–H groups in total. The summed E-state index contributed by atoms with van der Waals surface area (Å²) in [5, 5.41) is 9.53. The summed E-state index contributed by atoms with van der Waals surface area (Å²) in [6, 6.07) is 14.1. The molecule has 5 nitrogen and oxygen atoms in total. The summed E-state index contributed by atoms with van der Waals surface area (Å²) >= 11 is 0. The van der Waals surface area contributed by atoms with Gasteiger partial charge in [0.2, 0.25) is 0 Å². The van der Waals surface area contributed by atoms with Crippen molar-refractivity contribution >= 4 is 16.6 Å². The van der Waals surface area contributed by atoms with Crippen LogP contribution in [0.25, 0.3) is 22.3 Å². The van der Waals surface area contributed by atoms with E-state index >= 15 is 0 Å². The molecule has 0 aliphatic carbocycles. The minimum Gasteiger partial charge on any atom is -0.398 e. The number of nitrogens with zero attached hydrogens (tertiary/aromatic N) is 2. The van der Waals surface area contributed by atoms with E-state index in [0.29, 0.717) is 33.5 Å². The molecule has 0 aliphatic rings. The van der Waals surface area contributed by atoms with Crippen LogP contribution in [0.2, 0.25) is 0 Å². The first-order valence-corrected chi connectivity index (χ1v) is 5.98. The van der Waals surface area contributed by atoms with Gasteiger partial charge in [0.15, 0.2) is 0 Å². The average molecular weight is 262 g/mol. The number of aromatic nitrogens is 2. The smallest absolute Gasteiger partial charge is 0.259 e. The molecule has 20 heavy (non-hydrogen) atoms. The van der Waals surface area contributed by atoms with E-state index in [-0.39, 0.29) is 5.56 Å². The molecule has 0 bridgehead atoms. The minimum absolute atomic E-state index is 0.207. The number of hydrogen-bond donors (Lipinski definition) is 2. The van der Waals surface area contributed by atoms with Crippen LogP contribution in [-0.2, 0) is 0 Å². The maximum atomic E-state index is 12.0. The Morgan fingerprint density at radius 1 is 1.20 bits per heavy atom. The van der Waals surface area contributed by atoms with Crippen LogP contribution in [0.3, 0.4) is 0 Å². The molecule has 0 spiro atoms. The number of nitrogen functional groups attached to an aromatic ring is 1. The van der Waals surface area contributed by atoms with E-state index < -0.39 is 0 Å². The molecule has 3 rings (SSSR count). The largest absolute Gasteiger partial charge is 0.398 e. The van der Waals surface area contributed by atoms with Gasteiger partial charge in [0.25, 0.3) is 5.56 Å². The lowest BCUT2D eigenvalue weighted by molar-refractivity contribution is 1.18. The van der Waals surface area contributed by atoms with E-state index in [4.69, 9.17) is 11.0 Å². The molecule has 1 aromatic heterocycles. The number of nitrogens with two attached hydrogens (primary N) is 1. The first-order chi connectivity index (χ1) is 9.69. The van der Waals surface area contributed by atoms with Crippen LogP contribution in [0.15, 0.2) is 47.3 Å². The maximum absolute atomic E-state index is 12.0. The normalized spacial score (nSPS) is 10.3. The van der Waals surface area contributed by atoms with Crippen molar-refractivity contribution in [2.75, 3.05) is 5.73 Å². The van der Waals surface area contributed by atoms with Crippen LogP contribution >= 0.6 is 0 Å². The zero-order valence-corrected chi connectivity index (χ0v) is 10.4. The van der Waals surface area contributed by atoms with Crippen molar-refractivity contribution in [3.05, 3.63) is 58.4 Å². The van der Waals surface area contributed by atoms with Crippen molar-refractivity contribution in [2.45, 2.75) is 0 Å². The molecule has 2 aromatic carbocycles. The Bertz CT molecular complexity index is 906. The Morgan fingerprint density at radius 2 is 2.00 bits per heavy atom. The Balaban J connectivity index is 2.25. The molecule has 0 aliphatic heterocycles. The van der Waals surface area contributed by atoms with E-state index in [1.807, 2.05) is 12.1 Å². The van der Waals surface area contributed by atoms with Crippen molar-refractivity contribution < 1.29 is 0 Å². The van der Waals surface area contributed by atoms with Gasteiger partial charge in [0, 0.05) is 11.3 Å². The molecular formula is C15H10N4O. The van der Waals surface area contributed by atoms with Crippen molar-refractivity contribution in [2.24, 2.45) is 0 Å². The summed E-state index contributed by atoms with van der Waals surface area (Å²) in [6.07, 6.45) is 0. The molecular weight excluding hydrogens is 252 g/mol. The lowest BCUT2D eigenvalue weighted by Gasteiger charge is -2.04. The van der Waals surface area contributed by atoms with Gasteiger partial charge < -0.3 is 10.7 Å². The molecule has 96 valence electrons. The molecule has 5 heteroatoms. The van der Waals surface area contributed by atoms with Crippen LogP contribution < -0.4 is 11.3 Å². The molecule has 0 saturated heterocycles. The van der Waals surface area contributed by atoms with Gasteiger partial charge in [0.05, 0.1) is 16.5 Å². The second-order valence-corrected chi connectivity index (χ2v) is 4.35. The Hall–Kier alpha value is -3.13. The fraction of sp³-hybridized carbons (Fsp3) is 0. The van der Waals surface area contributed by atoms with Crippen LogP contribution in [0.4, 0.5) is 5.69 Å². The molecule has 0 radical (unpaired) electrons. The van der Waals surface area contributed by atoms with Gasteiger partial charge in [-0.25, -0.2) is 4.98 Å². The second-order valence-electron chi connectivity index (χ2n) is 4.35. The first kappa shape index (κ1) is 11.9. The SMILES string of the molecule is N#Cc1cc(-c2nc3ccccc3c(=O)[nH]2)ccc1N. The number of para-hydroxylation sites is 1. The fourth-order valence-corrected chi connectivity index (χ4v) is 2.02. The zero-order chi connectivity index (χ0) is 14.1. The highest BCUT2D eigenvalue weighted by Gasteiger charge is 2.07. The summed E-state index contributed by atoms with van der Waals surface area (Å²) in [4.78, 5) is 19.1. The van der Waals surface area contributed by atoms with Gasteiger partial charge in [0.1, 0.15) is 11.9 Å². The topological polar surface area (TPSA) is 95.6 Å². The summed E-state index contributed by atoms with van der Waals surface area (Å²) in [6.45, 7) is 0. The quantitative estimate of drug-likeness (QED) is 0.656. The van der Waals surface area contributed by atoms with Crippen LogP contribution in [-0.4, -0.2) is 9.97 Å². The first-order valence-electron chi connectivity index (χ1n) is 5.98. The zero-order valence-electron chi connectivity index (χ0n) is 10.4. The van der Waals surface area contributed by atoms with E-state index in [2.05, 4.69) is 9.97 Å². The van der Waals surface area contributed by atoms with E-state index in [0.717, 1.165) is 0 Å². The third-order valence-electron chi connectivity index (χ3n) is 3.06. The summed E-state index contributed by atoms with van der Waals surface area (Å²) < 4.78 is 0. The van der Waals surface area contributed by atoms with Gasteiger partial charge in [-0.15, -0.1) is 0 Å². The fourth-order valence-electron chi connectivity index (χ4n) is 2.02. The minimum atomic E-state index is -0.207. The number of rotatable bonds is 1.